The molecule has 0 spiro atoms. The quantitative estimate of drug-likeness (QED) is 0.736. The highest BCUT2D eigenvalue weighted by molar-refractivity contribution is 5.76. The van der Waals surface area contributed by atoms with Crippen LogP contribution in [0, 0.1) is 0 Å². The molecule has 0 aliphatic rings. The van der Waals surface area contributed by atoms with E-state index in [9.17, 15) is 15.0 Å². The fourth-order valence-electron chi connectivity index (χ4n) is 2.28. The second-order valence-electron chi connectivity index (χ2n) is 5.30. The molecule has 4 heteroatoms. The molecule has 3 N–H and O–H groups in total. The van der Waals surface area contributed by atoms with Crippen LogP contribution in [0.1, 0.15) is 25.0 Å². The summed E-state index contributed by atoms with van der Waals surface area (Å²) in [7, 11) is 0. The number of amides is 1. The summed E-state index contributed by atoms with van der Waals surface area (Å²) < 4.78 is 0. The van der Waals surface area contributed by atoms with Crippen LogP contribution in [0.15, 0.2) is 54.6 Å². The van der Waals surface area contributed by atoms with Crippen molar-refractivity contribution in [3.63, 3.8) is 0 Å². The van der Waals surface area contributed by atoms with Crippen LogP contribution in [0.25, 0.3) is 0 Å². The molecule has 0 fully saturated rings. The molecule has 2 aromatic carbocycles. The van der Waals surface area contributed by atoms with E-state index >= 15 is 0 Å². The second kappa shape index (κ2) is 9.64. The first-order valence-electron chi connectivity index (χ1n) is 7.39. The molecule has 2 aromatic rings. The van der Waals surface area contributed by atoms with Crippen molar-refractivity contribution >= 4 is 5.91 Å². The van der Waals surface area contributed by atoms with Crippen molar-refractivity contribution in [1.29, 1.82) is 0 Å². The second-order valence-corrected chi connectivity index (χ2v) is 5.30. The van der Waals surface area contributed by atoms with Gasteiger partial charge in [0.05, 0.1) is 12.6 Å². The Morgan fingerprint density at radius 1 is 1.00 bits per heavy atom. The minimum Gasteiger partial charge on any atom is -0.508 e. The topological polar surface area (TPSA) is 69.6 Å². The zero-order valence-electron chi connectivity index (χ0n) is 12.4. The van der Waals surface area contributed by atoms with Crippen molar-refractivity contribution in [3.8, 4) is 5.75 Å². The van der Waals surface area contributed by atoms with Gasteiger partial charge in [0.1, 0.15) is 5.75 Å². The predicted molar refractivity (Wildman–Crippen MR) is 92.3 cm³/mol. The molecule has 0 saturated heterocycles. The summed E-state index contributed by atoms with van der Waals surface area (Å²) in [5.41, 5.74) is 2.08. The standard InChI is InChI=1S/C18H21NO3.CH4/c20-13-16(12-15-4-2-1-3-5-15)19-18(22)11-8-14-6-9-17(21)10-7-14;/h1-7,9-10,16,20-21H,8,11-13H2,(H,19,22);1H4/t16-;/m1./s1. The number of nitrogens with one attached hydrogen (secondary N) is 1. The number of benzene rings is 2. The number of carbonyl (C=O) groups is 1. The van der Waals surface area contributed by atoms with Gasteiger partial charge in [-0.15, -0.1) is 0 Å². The molecule has 0 aliphatic carbocycles. The Bertz CT molecular complexity index is 581. The normalized spacial score (nSPS) is 11.3. The molecule has 0 bridgehead atoms. The van der Waals surface area contributed by atoms with E-state index < -0.39 is 0 Å². The average Bonchev–Trinajstić information content (AvgIpc) is 2.54. The summed E-state index contributed by atoms with van der Waals surface area (Å²) >= 11 is 0. The number of aryl methyl sites for hydroxylation is 1. The Labute approximate surface area is 137 Å². The maximum absolute atomic E-state index is 12.0. The molecule has 0 unspecified atom stereocenters. The van der Waals surface area contributed by atoms with Crippen molar-refractivity contribution in [3.05, 3.63) is 65.7 Å². The van der Waals surface area contributed by atoms with Crippen LogP contribution in [0.4, 0.5) is 0 Å². The van der Waals surface area contributed by atoms with Gasteiger partial charge in [0, 0.05) is 6.42 Å². The van der Waals surface area contributed by atoms with Crippen LogP contribution < -0.4 is 5.32 Å². The lowest BCUT2D eigenvalue weighted by Crippen LogP contribution is -2.39. The van der Waals surface area contributed by atoms with Crippen LogP contribution in [0.5, 0.6) is 5.75 Å². The summed E-state index contributed by atoms with van der Waals surface area (Å²) in [4.78, 5) is 12.0. The molecular formula is C19H25NO3. The van der Waals surface area contributed by atoms with Gasteiger partial charge in [-0.2, -0.15) is 0 Å². The van der Waals surface area contributed by atoms with Crippen LogP contribution in [0.3, 0.4) is 0 Å². The number of rotatable bonds is 7. The Kier molecular flexibility index (Phi) is 7.84. The summed E-state index contributed by atoms with van der Waals surface area (Å²) in [5.74, 6) is 0.138. The number of aliphatic hydroxyl groups excluding tert-OH is 1. The van der Waals surface area contributed by atoms with Crippen molar-refractivity contribution in [2.45, 2.75) is 32.7 Å². The van der Waals surface area contributed by atoms with E-state index in [1.807, 2.05) is 30.3 Å². The van der Waals surface area contributed by atoms with E-state index in [1.165, 1.54) is 0 Å². The van der Waals surface area contributed by atoms with Gasteiger partial charge in [0.25, 0.3) is 0 Å². The van der Waals surface area contributed by atoms with Gasteiger partial charge in [-0.05, 0) is 36.1 Å². The number of aliphatic hydroxyl groups is 1. The smallest absolute Gasteiger partial charge is 0.220 e. The van der Waals surface area contributed by atoms with Gasteiger partial charge in [-0.3, -0.25) is 4.79 Å². The number of phenolic OH excluding ortho intramolecular Hbond substituents is 1. The number of aromatic hydroxyl groups is 1. The first kappa shape index (κ1) is 18.7. The van der Waals surface area contributed by atoms with Crippen LogP contribution in [-0.2, 0) is 17.6 Å². The van der Waals surface area contributed by atoms with Gasteiger partial charge < -0.3 is 15.5 Å². The van der Waals surface area contributed by atoms with E-state index in [1.54, 1.807) is 24.3 Å². The molecule has 23 heavy (non-hydrogen) atoms. The lowest BCUT2D eigenvalue weighted by atomic mass is 10.1. The highest BCUT2D eigenvalue weighted by Gasteiger charge is 2.12. The Hall–Kier alpha value is -2.33. The summed E-state index contributed by atoms with van der Waals surface area (Å²) in [6.07, 6.45) is 1.58. The van der Waals surface area contributed by atoms with Gasteiger partial charge in [0.2, 0.25) is 5.91 Å². The molecule has 1 atom stereocenters. The van der Waals surface area contributed by atoms with E-state index in [0.29, 0.717) is 19.3 Å². The van der Waals surface area contributed by atoms with Crippen LogP contribution in [-0.4, -0.2) is 28.8 Å². The lowest BCUT2D eigenvalue weighted by molar-refractivity contribution is -0.122. The third kappa shape index (κ3) is 6.53. The van der Waals surface area contributed by atoms with Gasteiger partial charge in [-0.25, -0.2) is 0 Å². The van der Waals surface area contributed by atoms with Crippen LogP contribution >= 0.6 is 0 Å². The fourth-order valence-corrected chi connectivity index (χ4v) is 2.28. The molecule has 1 amide bonds. The minimum atomic E-state index is -0.269. The number of carbonyl (C=O) groups excluding carboxylic acids is 1. The summed E-state index contributed by atoms with van der Waals surface area (Å²) in [6.45, 7) is -0.0835. The molecule has 0 saturated carbocycles. The maximum atomic E-state index is 12.0. The number of hydrogen-bond donors (Lipinski definition) is 3. The molecule has 2 rings (SSSR count). The zero-order chi connectivity index (χ0) is 15.8. The zero-order valence-corrected chi connectivity index (χ0v) is 12.4. The molecule has 124 valence electrons. The van der Waals surface area contributed by atoms with Gasteiger partial charge >= 0.3 is 0 Å². The molecule has 0 aliphatic heterocycles. The Morgan fingerprint density at radius 3 is 2.26 bits per heavy atom. The maximum Gasteiger partial charge on any atom is 0.220 e. The van der Waals surface area contributed by atoms with E-state index in [-0.39, 0.29) is 31.7 Å². The number of phenols is 1. The molecule has 0 heterocycles. The predicted octanol–water partition coefficient (Wildman–Crippen LogP) is 2.68. The molecular weight excluding hydrogens is 290 g/mol. The van der Waals surface area contributed by atoms with E-state index in [0.717, 1.165) is 11.1 Å². The monoisotopic (exact) mass is 315 g/mol. The van der Waals surface area contributed by atoms with Gasteiger partial charge in [-0.1, -0.05) is 49.9 Å². The third-order valence-corrected chi connectivity index (χ3v) is 3.49. The summed E-state index contributed by atoms with van der Waals surface area (Å²) in [5, 5.41) is 21.5. The van der Waals surface area contributed by atoms with E-state index in [4.69, 9.17) is 0 Å². The highest BCUT2D eigenvalue weighted by Crippen LogP contribution is 2.11. The van der Waals surface area contributed by atoms with Gasteiger partial charge in [0.15, 0.2) is 0 Å². The van der Waals surface area contributed by atoms with Crippen molar-refractivity contribution in [2.75, 3.05) is 6.61 Å². The molecule has 0 radical (unpaired) electrons. The van der Waals surface area contributed by atoms with Crippen LogP contribution in [0.2, 0.25) is 0 Å². The Balaban J connectivity index is 0.00000264. The summed E-state index contributed by atoms with van der Waals surface area (Å²) in [6, 6.07) is 16.3. The highest BCUT2D eigenvalue weighted by atomic mass is 16.3. The SMILES string of the molecule is C.O=C(CCc1ccc(O)cc1)N[C@@H](CO)Cc1ccccc1. The average molecular weight is 315 g/mol. The fraction of sp³-hybridized carbons (Fsp3) is 0.316. The first-order chi connectivity index (χ1) is 10.7. The van der Waals surface area contributed by atoms with E-state index in [2.05, 4.69) is 5.32 Å². The molecule has 4 nitrogen and oxygen atoms in total. The minimum absolute atomic E-state index is 0. The Morgan fingerprint density at radius 2 is 1.65 bits per heavy atom. The van der Waals surface area contributed by atoms with Crippen molar-refractivity contribution in [1.82, 2.24) is 5.32 Å². The number of hydrogen-bond acceptors (Lipinski definition) is 3. The third-order valence-electron chi connectivity index (χ3n) is 3.49. The largest absolute Gasteiger partial charge is 0.508 e. The lowest BCUT2D eigenvalue weighted by Gasteiger charge is -2.16. The first-order valence-corrected chi connectivity index (χ1v) is 7.39. The molecule has 0 aromatic heterocycles. The van der Waals surface area contributed by atoms with Crippen molar-refractivity contribution < 1.29 is 15.0 Å². The van der Waals surface area contributed by atoms with Crippen molar-refractivity contribution in [2.24, 2.45) is 0 Å².